The molecule has 8 heteroatoms. The van der Waals surface area contributed by atoms with E-state index < -0.39 is 11.7 Å². The van der Waals surface area contributed by atoms with E-state index in [-0.39, 0.29) is 12.3 Å². The zero-order chi connectivity index (χ0) is 20.0. The van der Waals surface area contributed by atoms with Crippen molar-refractivity contribution in [2.75, 3.05) is 37.7 Å². The number of rotatable bonds is 5. The molecule has 150 valence electrons. The molecule has 0 saturated carbocycles. The highest BCUT2D eigenvalue weighted by Crippen LogP contribution is 2.29. The van der Waals surface area contributed by atoms with Crippen LogP contribution in [-0.4, -0.2) is 48.6 Å². The van der Waals surface area contributed by atoms with Crippen molar-refractivity contribution in [3.8, 4) is 5.75 Å². The Morgan fingerprint density at radius 1 is 1.04 bits per heavy atom. The van der Waals surface area contributed by atoms with E-state index in [2.05, 4.69) is 4.98 Å². The Morgan fingerprint density at radius 3 is 2.50 bits per heavy atom. The highest BCUT2D eigenvalue weighted by molar-refractivity contribution is 5.76. The fourth-order valence-corrected chi connectivity index (χ4v) is 3.07. The number of benzene rings is 1. The van der Waals surface area contributed by atoms with Gasteiger partial charge < -0.3 is 14.5 Å². The Bertz CT molecular complexity index is 767. The molecule has 0 unspecified atom stereocenters. The van der Waals surface area contributed by atoms with Crippen LogP contribution in [0.3, 0.4) is 0 Å². The maximum atomic E-state index is 12.7. The molecule has 0 N–H and O–H groups in total. The molecule has 2 heterocycles. The number of alkyl halides is 3. The fourth-order valence-electron chi connectivity index (χ4n) is 3.07. The second kappa shape index (κ2) is 8.95. The topological polar surface area (TPSA) is 45.7 Å². The second-order valence-corrected chi connectivity index (χ2v) is 6.54. The smallest absolute Gasteiger partial charge is 0.417 e. The Kier molecular flexibility index (Phi) is 6.38. The van der Waals surface area contributed by atoms with Crippen molar-refractivity contribution in [3.05, 3.63) is 54.2 Å². The molecule has 0 spiro atoms. The number of amides is 1. The van der Waals surface area contributed by atoms with Gasteiger partial charge in [0.15, 0.2) is 0 Å². The van der Waals surface area contributed by atoms with Crippen LogP contribution in [-0.2, 0) is 11.0 Å². The predicted molar refractivity (Wildman–Crippen MR) is 99.2 cm³/mol. The number of aromatic nitrogens is 1. The number of para-hydroxylation sites is 1. The number of hydrogen-bond acceptors (Lipinski definition) is 4. The van der Waals surface area contributed by atoms with Gasteiger partial charge in [0.2, 0.25) is 5.91 Å². The maximum absolute atomic E-state index is 12.7. The molecule has 1 amide bonds. The summed E-state index contributed by atoms with van der Waals surface area (Å²) in [6.45, 7) is 2.60. The molecule has 1 aliphatic heterocycles. The summed E-state index contributed by atoms with van der Waals surface area (Å²) in [6, 6.07) is 11.7. The number of carbonyl (C=O) groups is 1. The molecule has 3 rings (SSSR count). The minimum absolute atomic E-state index is 0.0122. The average Bonchev–Trinajstić information content (AvgIpc) is 2.94. The van der Waals surface area contributed by atoms with Gasteiger partial charge in [-0.2, -0.15) is 13.2 Å². The SMILES string of the molecule is O=C(CCOc1ccccc1)N1CCCN(c2ccc(C(F)(F)F)cn2)CC1. The number of halogens is 3. The van der Waals surface area contributed by atoms with E-state index in [0.717, 1.165) is 24.4 Å². The zero-order valence-corrected chi connectivity index (χ0v) is 15.4. The molecule has 1 aromatic heterocycles. The van der Waals surface area contributed by atoms with E-state index in [0.29, 0.717) is 38.6 Å². The lowest BCUT2D eigenvalue weighted by molar-refractivity contribution is -0.137. The van der Waals surface area contributed by atoms with Crippen LogP contribution in [0.5, 0.6) is 5.75 Å². The molecule has 1 aliphatic rings. The van der Waals surface area contributed by atoms with Crippen LogP contribution in [0.2, 0.25) is 0 Å². The van der Waals surface area contributed by atoms with Crippen molar-refractivity contribution in [1.29, 1.82) is 0 Å². The van der Waals surface area contributed by atoms with Crippen molar-refractivity contribution in [3.63, 3.8) is 0 Å². The number of ether oxygens (including phenoxy) is 1. The van der Waals surface area contributed by atoms with Crippen LogP contribution < -0.4 is 9.64 Å². The molecule has 1 fully saturated rings. The van der Waals surface area contributed by atoms with Crippen LogP contribution >= 0.6 is 0 Å². The summed E-state index contributed by atoms with van der Waals surface area (Å²) in [6.07, 6.45) is -2.53. The van der Waals surface area contributed by atoms with Gasteiger partial charge in [-0.25, -0.2) is 4.98 Å². The van der Waals surface area contributed by atoms with Gasteiger partial charge >= 0.3 is 6.18 Å². The van der Waals surface area contributed by atoms with Gasteiger partial charge in [-0.05, 0) is 30.7 Å². The highest BCUT2D eigenvalue weighted by atomic mass is 19.4. The quantitative estimate of drug-likeness (QED) is 0.779. The maximum Gasteiger partial charge on any atom is 0.417 e. The molecule has 0 bridgehead atoms. The third kappa shape index (κ3) is 5.37. The number of nitrogens with zero attached hydrogens (tertiary/aromatic N) is 3. The molecule has 0 atom stereocenters. The summed E-state index contributed by atoms with van der Waals surface area (Å²) in [5.74, 6) is 1.23. The first kappa shape index (κ1) is 20.0. The predicted octanol–water partition coefficient (Wildman–Crippen LogP) is 3.61. The van der Waals surface area contributed by atoms with Gasteiger partial charge in [0, 0.05) is 32.4 Å². The van der Waals surface area contributed by atoms with Gasteiger partial charge in [-0.15, -0.1) is 0 Å². The number of anilines is 1. The molecular weight excluding hydrogens is 371 g/mol. The van der Waals surface area contributed by atoms with E-state index >= 15 is 0 Å². The summed E-state index contributed by atoms with van der Waals surface area (Å²) in [5, 5.41) is 0. The van der Waals surface area contributed by atoms with Crippen LogP contribution in [0, 0.1) is 0 Å². The molecule has 0 aliphatic carbocycles. The Labute approximate surface area is 161 Å². The first-order valence-electron chi connectivity index (χ1n) is 9.17. The van der Waals surface area contributed by atoms with Crippen LogP contribution in [0.15, 0.2) is 48.7 Å². The van der Waals surface area contributed by atoms with Crippen molar-refractivity contribution in [2.45, 2.75) is 19.0 Å². The van der Waals surface area contributed by atoms with Crippen LogP contribution in [0.1, 0.15) is 18.4 Å². The monoisotopic (exact) mass is 393 g/mol. The lowest BCUT2D eigenvalue weighted by Crippen LogP contribution is -2.36. The fraction of sp³-hybridized carbons (Fsp3) is 0.400. The van der Waals surface area contributed by atoms with Crippen molar-refractivity contribution < 1.29 is 22.7 Å². The second-order valence-electron chi connectivity index (χ2n) is 6.54. The van der Waals surface area contributed by atoms with E-state index in [1.807, 2.05) is 35.2 Å². The van der Waals surface area contributed by atoms with Crippen LogP contribution in [0.4, 0.5) is 19.0 Å². The van der Waals surface area contributed by atoms with Crippen LogP contribution in [0.25, 0.3) is 0 Å². The van der Waals surface area contributed by atoms with Gasteiger partial charge in [-0.3, -0.25) is 4.79 Å². The van der Waals surface area contributed by atoms with Crippen molar-refractivity contribution >= 4 is 11.7 Å². The summed E-state index contributed by atoms with van der Waals surface area (Å²) < 4.78 is 43.6. The molecule has 28 heavy (non-hydrogen) atoms. The standard InChI is InChI=1S/C20H22F3N3O2/c21-20(22,23)16-7-8-18(24-15-16)25-10-4-11-26(13-12-25)19(27)9-14-28-17-5-2-1-3-6-17/h1-3,5-8,15H,4,9-14H2. The first-order chi connectivity index (χ1) is 13.4. The van der Waals surface area contributed by atoms with Gasteiger partial charge in [0.05, 0.1) is 18.6 Å². The van der Waals surface area contributed by atoms with E-state index in [4.69, 9.17) is 4.74 Å². The number of hydrogen-bond donors (Lipinski definition) is 0. The Hall–Kier alpha value is -2.77. The minimum Gasteiger partial charge on any atom is -0.493 e. The van der Waals surface area contributed by atoms with Crippen molar-refractivity contribution in [1.82, 2.24) is 9.88 Å². The summed E-state index contributed by atoms with van der Waals surface area (Å²) >= 11 is 0. The van der Waals surface area contributed by atoms with Gasteiger partial charge in [-0.1, -0.05) is 18.2 Å². The largest absolute Gasteiger partial charge is 0.493 e. The third-order valence-electron chi connectivity index (χ3n) is 4.58. The Balaban J connectivity index is 1.49. The lowest BCUT2D eigenvalue weighted by Gasteiger charge is -2.23. The molecule has 1 aromatic carbocycles. The zero-order valence-electron chi connectivity index (χ0n) is 15.4. The highest BCUT2D eigenvalue weighted by Gasteiger charge is 2.31. The summed E-state index contributed by atoms with van der Waals surface area (Å²) in [5.41, 5.74) is -0.763. The van der Waals surface area contributed by atoms with E-state index in [1.54, 1.807) is 4.90 Å². The molecular formula is C20H22F3N3O2. The third-order valence-corrected chi connectivity index (χ3v) is 4.58. The normalized spacial score (nSPS) is 15.2. The number of pyridine rings is 1. The summed E-state index contributed by atoms with van der Waals surface area (Å²) in [4.78, 5) is 20.1. The molecule has 0 radical (unpaired) electrons. The van der Waals surface area contributed by atoms with E-state index in [9.17, 15) is 18.0 Å². The summed E-state index contributed by atoms with van der Waals surface area (Å²) in [7, 11) is 0. The first-order valence-corrected chi connectivity index (χ1v) is 9.17. The van der Waals surface area contributed by atoms with Gasteiger partial charge in [0.1, 0.15) is 11.6 Å². The van der Waals surface area contributed by atoms with Gasteiger partial charge in [0.25, 0.3) is 0 Å². The molecule has 1 saturated heterocycles. The minimum atomic E-state index is -4.39. The number of carbonyl (C=O) groups excluding carboxylic acids is 1. The Morgan fingerprint density at radius 2 is 1.82 bits per heavy atom. The van der Waals surface area contributed by atoms with Crippen molar-refractivity contribution in [2.24, 2.45) is 0 Å². The lowest BCUT2D eigenvalue weighted by atomic mass is 10.2. The van der Waals surface area contributed by atoms with E-state index in [1.165, 1.54) is 6.07 Å². The molecule has 5 nitrogen and oxygen atoms in total. The average molecular weight is 393 g/mol. The molecule has 2 aromatic rings.